The summed E-state index contributed by atoms with van der Waals surface area (Å²) in [6.07, 6.45) is 6.00. The van der Waals surface area contributed by atoms with Crippen molar-refractivity contribution in [1.29, 1.82) is 0 Å². The second-order valence-electron chi connectivity index (χ2n) is 8.03. The fourth-order valence-corrected chi connectivity index (χ4v) is 5.29. The van der Waals surface area contributed by atoms with E-state index in [0.717, 1.165) is 24.9 Å². The summed E-state index contributed by atoms with van der Waals surface area (Å²) in [7, 11) is 1.40. The summed E-state index contributed by atoms with van der Waals surface area (Å²) in [6, 6.07) is 14.4. The Morgan fingerprint density at radius 1 is 1.19 bits per heavy atom. The van der Waals surface area contributed by atoms with Crippen LogP contribution >= 0.6 is 11.8 Å². The highest BCUT2D eigenvalue weighted by molar-refractivity contribution is 8.18. The smallest absolute Gasteiger partial charge is 0.311 e. The van der Waals surface area contributed by atoms with Crippen molar-refractivity contribution in [3.8, 4) is 5.75 Å². The molecule has 2 aliphatic rings. The summed E-state index contributed by atoms with van der Waals surface area (Å²) in [4.78, 5) is 31.5. The molecule has 7 nitrogen and oxygen atoms in total. The summed E-state index contributed by atoms with van der Waals surface area (Å²) < 4.78 is 5.08. The third kappa shape index (κ3) is 4.55. The number of aliphatic imine (C=N–C) groups is 1. The van der Waals surface area contributed by atoms with Crippen LogP contribution in [-0.4, -0.2) is 34.0 Å². The van der Waals surface area contributed by atoms with Gasteiger partial charge in [0.05, 0.1) is 22.6 Å². The van der Waals surface area contributed by atoms with Gasteiger partial charge in [-0.05, 0) is 60.4 Å². The zero-order valence-electron chi connectivity index (χ0n) is 18.1. The number of methoxy groups -OCH3 is 1. The number of hydrogen-bond acceptors (Lipinski definition) is 6. The van der Waals surface area contributed by atoms with E-state index in [-0.39, 0.29) is 23.4 Å². The summed E-state index contributed by atoms with van der Waals surface area (Å²) in [6.45, 7) is 2.19. The van der Waals surface area contributed by atoms with Crippen LogP contribution in [0.25, 0.3) is 6.08 Å². The average molecular weight is 452 g/mol. The largest absolute Gasteiger partial charge is 0.490 e. The monoisotopic (exact) mass is 451 g/mol. The number of nitro benzene ring substituents is 1. The van der Waals surface area contributed by atoms with Crippen molar-refractivity contribution in [2.75, 3.05) is 7.11 Å². The van der Waals surface area contributed by atoms with Crippen molar-refractivity contribution in [2.24, 2.45) is 10.9 Å². The van der Waals surface area contributed by atoms with E-state index >= 15 is 0 Å². The number of para-hydroxylation sites is 1. The molecular formula is C24H25N3O4S. The van der Waals surface area contributed by atoms with Crippen LogP contribution in [-0.2, 0) is 4.79 Å². The first-order chi connectivity index (χ1) is 15.5. The van der Waals surface area contributed by atoms with Gasteiger partial charge in [0.1, 0.15) is 0 Å². The Bertz CT molecular complexity index is 1080. The van der Waals surface area contributed by atoms with Crippen molar-refractivity contribution >= 4 is 40.3 Å². The Balaban J connectivity index is 1.73. The molecule has 1 saturated heterocycles. The summed E-state index contributed by atoms with van der Waals surface area (Å²) in [5, 5.41) is 12.1. The Labute approximate surface area is 191 Å². The molecule has 166 valence electrons. The van der Waals surface area contributed by atoms with Gasteiger partial charge in [0.25, 0.3) is 5.91 Å². The summed E-state index contributed by atoms with van der Waals surface area (Å²) in [5.74, 6) is 0.476. The van der Waals surface area contributed by atoms with Crippen molar-refractivity contribution in [3.63, 3.8) is 0 Å². The van der Waals surface area contributed by atoms with E-state index in [1.54, 1.807) is 18.2 Å². The van der Waals surface area contributed by atoms with Crippen LogP contribution in [0.3, 0.4) is 0 Å². The maximum absolute atomic E-state index is 13.5. The molecule has 0 N–H and O–H groups in total. The van der Waals surface area contributed by atoms with Crippen molar-refractivity contribution in [1.82, 2.24) is 4.90 Å². The zero-order chi connectivity index (χ0) is 22.7. The van der Waals surface area contributed by atoms with Gasteiger partial charge in [-0.3, -0.25) is 19.8 Å². The molecule has 0 spiro atoms. The molecule has 1 saturated carbocycles. The minimum absolute atomic E-state index is 0.0955. The predicted molar refractivity (Wildman–Crippen MR) is 127 cm³/mol. The number of nitro groups is 1. The lowest BCUT2D eigenvalue weighted by atomic mass is 9.85. The van der Waals surface area contributed by atoms with Gasteiger partial charge >= 0.3 is 5.69 Å². The third-order valence-corrected chi connectivity index (χ3v) is 6.90. The molecule has 2 aromatic rings. The van der Waals surface area contributed by atoms with Gasteiger partial charge in [0, 0.05) is 12.1 Å². The predicted octanol–water partition coefficient (Wildman–Crippen LogP) is 5.79. The molecule has 4 rings (SSSR count). The van der Waals surface area contributed by atoms with Crippen LogP contribution in [0.2, 0.25) is 0 Å². The fraction of sp³-hybridized carbons (Fsp3) is 0.333. The van der Waals surface area contributed by atoms with E-state index < -0.39 is 4.92 Å². The van der Waals surface area contributed by atoms with Gasteiger partial charge in [0.15, 0.2) is 10.9 Å². The maximum atomic E-state index is 13.5. The molecule has 2 atom stereocenters. The second kappa shape index (κ2) is 9.56. The molecular weight excluding hydrogens is 426 g/mol. The first kappa shape index (κ1) is 22.1. The number of carbonyl (C=O) groups excluding carboxylic acids is 1. The number of amidine groups is 1. The minimum atomic E-state index is -0.483. The van der Waals surface area contributed by atoms with Crippen molar-refractivity contribution < 1.29 is 14.5 Å². The topological polar surface area (TPSA) is 85.0 Å². The molecule has 0 bridgehead atoms. The molecule has 8 heteroatoms. The van der Waals surface area contributed by atoms with E-state index in [2.05, 4.69) is 6.92 Å². The Morgan fingerprint density at radius 3 is 2.62 bits per heavy atom. The molecule has 0 unspecified atom stereocenters. The fourth-order valence-electron chi connectivity index (χ4n) is 4.24. The lowest BCUT2D eigenvalue weighted by Gasteiger charge is -2.35. The number of hydrogen-bond donors (Lipinski definition) is 0. The molecule has 2 fully saturated rings. The first-order valence-electron chi connectivity index (χ1n) is 10.7. The molecule has 1 aliphatic heterocycles. The van der Waals surface area contributed by atoms with Crippen LogP contribution < -0.4 is 4.74 Å². The van der Waals surface area contributed by atoms with E-state index in [0.29, 0.717) is 21.6 Å². The van der Waals surface area contributed by atoms with Gasteiger partial charge in [-0.25, -0.2) is 4.99 Å². The maximum Gasteiger partial charge on any atom is 0.311 e. The number of carbonyl (C=O) groups is 1. The van der Waals surface area contributed by atoms with Crippen LogP contribution in [0, 0.1) is 16.0 Å². The van der Waals surface area contributed by atoms with Crippen LogP contribution in [0.4, 0.5) is 11.4 Å². The third-order valence-electron chi connectivity index (χ3n) is 5.91. The quantitative estimate of drug-likeness (QED) is 0.326. The van der Waals surface area contributed by atoms with Gasteiger partial charge in [0.2, 0.25) is 0 Å². The number of nitrogens with zero attached hydrogens (tertiary/aromatic N) is 3. The Morgan fingerprint density at radius 2 is 1.94 bits per heavy atom. The normalized spacial score (nSPS) is 23.7. The number of ether oxygens (including phenoxy) is 1. The molecule has 0 aromatic heterocycles. The zero-order valence-corrected chi connectivity index (χ0v) is 18.9. The number of amides is 1. The molecule has 0 radical (unpaired) electrons. The average Bonchev–Trinajstić information content (AvgIpc) is 3.09. The van der Waals surface area contributed by atoms with E-state index in [1.807, 2.05) is 35.2 Å². The highest BCUT2D eigenvalue weighted by Gasteiger charge is 2.41. The molecule has 1 heterocycles. The van der Waals surface area contributed by atoms with Crippen molar-refractivity contribution in [2.45, 2.75) is 38.6 Å². The SMILES string of the molecule is COc1ccc(/C=C2\SC(=Nc3ccccc3)N([C@@H]3CCCC[C@H]3C)C2=O)cc1[N+](=O)[O-]. The Kier molecular flexibility index (Phi) is 6.60. The van der Waals surface area contributed by atoms with E-state index in [1.165, 1.54) is 31.4 Å². The molecule has 1 amide bonds. The highest BCUT2D eigenvalue weighted by Crippen LogP contribution is 2.40. The summed E-state index contributed by atoms with van der Waals surface area (Å²) in [5.41, 5.74) is 1.23. The number of rotatable bonds is 5. The van der Waals surface area contributed by atoms with Crippen LogP contribution in [0.15, 0.2) is 58.4 Å². The molecule has 32 heavy (non-hydrogen) atoms. The lowest BCUT2D eigenvalue weighted by Crippen LogP contribution is -2.44. The standard InChI is InChI=1S/C24H25N3O4S/c1-16-8-6-7-11-19(16)26-23(28)22(32-24(26)25-18-9-4-3-5-10-18)15-17-12-13-21(31-2)20(14-17)27(29)30/h3-5,9-10,12-16,19H,6-8,11H2,1-2H3/b22-15-,25-24?/t16-,19-/m1/s1. The van der Waals surface area contributed by atoms with Crippen molar-refractivity contribution in [3.05, 3.63) is 69.1 Å². The number of thioether (sulfide) groups is 1. The first-order valence-corrected chi connectivity index (χ1v) is 11.5. The lowest BCUT2D eigenvalue weighted by molar-refractivity contribution is -0.385. The van der Waals surface area contributed by atoms with Gasteiger partial charge in [-0.2, -0.15) is 0 Å². The number of benzene rings is 2. The van der Waals surface area contributed by atoms with Crippen LogP contribution in [0.5, 0.6) is 5.75 Å². The van der Waals surface area contributed by atoms with Gasteiger partial charge in [-0.15, -0.1) is 0 Å². The summed E-state index contributed by atoms with van der Waals surface area (Å²) >= 11 is 1.32. The molecule has 1 aliphatic carbocycles. The van der Waals surface area contributed by atoms with Gasteiger partial charge < -0.3 is 4.74 Å². The highest BCUT2D eigenvalue weighted by atomic mass is 32.2. The van der Waals surface area contributed by atoms with Crippen LogP contribution in [0.1, 0.15) is 38.2 Å². The van der Waals surface area contributed by atoms with E-state index in [9.17, 15) is 14.9 Å². The minimum Gasteiger partial charge on any atom is -0.490 e. The van der Waals surface area contributed by atoms with Gasteiger partial charge in [-0.1, -0.05) is 44.0 Å². The Hall–Kier alpha value is -3.13. The van der Waals surface area contributed by atoms with E-state index in [4.69, 9.17) is 9.73 Å². The molecule has 2 aromatic carbocycles. The second-order valence-corrected chi connectivity index (χ2v) is 9.04.